The van der Waals surface area contributed by atoms with Crippen LogP contribution in [0.15, 0.2) is 0 Å². The Morgan fingerprint density at radius 3 is 2.70 bits per heavy atom. The number of nitrogens with zero attached hydrogens (tertiary/aromatic N) is 2. The van der Waals surface area contributed by atoms with E-state index in [-0.39, 0.29) is 23.5 Å². The maximum absolute atomic E-state index is 11.8. The van der Waals surface area contributed by atoms with E-state index in [0.29, 0.717) is 17.9 Å². The average molecular weight is 302 g/mol. The van der Waals surface area contributed by atoms with Crippen molar-refractivity contribution >= 4 is 23.4 Å². The van der Waals surface area contributed by atoms with Gasteiger partial charge in [0.1, 0.15) is 11.4 Å². The van der Waals surface area contributed by atoms with Crippen LogP contribution in [0.5, 0.6) is 0 Å². The first kappa shape index (κ1) is 16.7. The van der Waals surface area contributed by atoms with Gasteiger partial charge in [0, 0.05) is 12.6 Å². The van der Waals surface area contributed by atoms with Crippen molar-refractivity contribution in [1.29, 1.82) is 0 Å². The zero-order valence-corrected chi connectivity index (χ0v) is 12.7. The maximum Gasteiger partial charge on any atom is 0.343 e. The molecule has 1 aromatic rings. The second-order valence-electron chi connectivity index (χ2n) is 4.44. The lowest BCUT2D eigenvalue weighted by Gasteiger charge is -2.19. The molecule has 112 valence electrons. The molecule has 0 radical (unpaired) electrons. The molecule has 20 heavy (non-hydrogen) atoms. The Hall–Kier alpha value is -1.40. The molecule has 0 aliphatic heterocycles. The first-order valence-corrected chi connectivity index (χ1v) is 6.91. The highest BCUT2D eigenvalue weighted by molar-refractivity contribution is 6.28. The molecular weight excluding hydrogens is 282 g/mol. The minimum absolute atomic E-state index is 0.0128. The van der Waals surface area contributed by atoms with Gasteiger partial charge >= 0.3 is 5.97 Å². The highest BCUT2D eigenvalue weighted by atomic mass is 35.5. The van der Waals surface area contributed by atoms with Gasteiger partial charge in [-0.1, -0.05) is 13.3 Å². The van der Waals surface area contributed by atoms with E-state index in [1.165, 1.54) is 7.11 Å². The second-order valence-corrected chi connectivity index (χ2v) is 4.77. The second kappa shape index (κ2) is 8.01. The third-order valence-electron chi connectivity index (χ3n) is 2.91. The van der Waals surface area contributed by atoms with Crippen LogP contribution in [0.3, 0.4) is 0 Å². The number of halogens is 1. The molecule has 0 saturated heterocycles. The molecule has 1 aromatic heterocycles. The summed E-state index contributed by atoms with van der Waals surface area (Å²) < 4.78 is 4.75. The van der Waals surface area contributed by atoms with E-state index in [9.17, 15) is 4.79 Å². The monoisotopic (exact) mass is 301 g/mol. The molecule has 0 aromatic carbocycles. The summed E-state index contributed by atoms with van der Waals surface area (Å²) in [6.45, 7) is 3.78. The summed E-state index contributed by atoms with van der Waals surface area (Å²) in [5.41, 5.74) is 0.731. The number of rotatable bonds is 7. The minimum atomic E-state index is -0.513. The number of aliphatic hydroxyl groups excluding tert-OH is 1. The van der Waals surface area contributed by atoms with Gasteiger partial charge in [0.25, 0.3) is 0 Å². The molecule has 0 amide bonds. The molecule has 0 spiro atoms. The van der Waals surface area contributed by atoms with Crippen LogP contribution in [0.1, 0.15) is 42.2 Å². The van der Waals surface area contributed by atoms with Gasteiger partial charge in [-0.3, -0.25) is 0 Å². The van der Waals surface area contributed by atoms with E-state index in [4.69, 9.17) is 21.4 Å². The summed E-state index contributed by atoms with van der Waals surface area (Å²) in [7, 11) is 1.30. The molecule has 0 saturated carbocycles. The fourth-order valence-corrected chi connectivity index (χ4v) is 2.19. The van der Waals surface area contributed by atoms with Crippen molar-refractivity contribution in [3.05, 3.63) is 16.5 Å². The molecule has 6 nitrogen and oxygen atoms in total. The molecular formula is C13H20ClN3O3. The van der Waals surface area contributed by atoms with Crippen molar-refractivity contribution in [3.63, 3.8) is 0 Å². The summed E-state index contributed by atoms with van der Waals surface area (Å²) >= 11 is 5.84. The van der Waals surface area contributed by atoms with Crippen molar-refractivity contribution in [1.82, 2.24) is 9.97 Å². The van der Waals surface area contributed by atoms with Crippen LogP contribution in [-0.2, 0) is 4.74 Å². The topological polar surface area (TPSA) is 84.3 Å². The van der Waals surface area contributed by atoms with Gasteiger partial charge < -0.3 is 15.2 Å². The Morgan fingerprint density at radius 1 is 1.45 bits per heavy atom. The Morgan fingerprint density at radius 2 is 2.15 bits per heavy atom. The lowest BCUT2D eigenvalue weighted by molar-refractivity contribution is 0.0600. The molecule has 1 heterocycles. The summed E-state index contributed by atoms with van der Waals surface area (Å²) in [5.74, 6) is -0.165. The Bertz CT molecular complexity index is 462. The summed E-state index contributed by atoms with van der Waals surface area (Å²) in [5, 5.41) is 12.3. The van der Waals surface area contributed by atoms with E-state index in [1.54, 1.807) is 6.92 Å². The first-order valence-electron chi connectivity index (χ1n) is 6.53. The predicted octanol–water partition coefficient (Wildman–Crippen LogP) is 2.19. The number of nitrogens with one attached hydrogen (secondary N) is 1. The number of methoxy groups -OCH3 is 1. The zero-order chi connectivity index (χ0) is 15.1. The van der Waals surface area contributed by atoms with E-state index in [2.05, 4.69) is 15.3 Å². The Balaban J connectivity index is 3.10. The van der Waals surface area contributed by atoms with Crippen LogP contribution in [0, 0.1) is 6.92 Å². The lowest BCUT2D eigenvalue weighted by Crippen LogP contribution is -2.24. The van der Waals surface area contributed by atoms with Gasteiger partial charge in [0.2, 0.25) is 5.28 Å². The molecule has 0 fully saturated rings. The molecule has 1 atom stereocenters. The normalized spacial score (nSPS) is 12.1. The number of aromatic nitrogens is 2. The fourth-order valence-electron chi connectivity index (χ4n) is 1.98. The van der Waals surface area contributed by atoms with Gasteiger partial charge in [0.15, 0.2) is 0 Å². The van der Waals surface area contributed by atoms with Crippen molar-refractivity contribution in [3.8, 4) is 0 Å². The van der Waals surface area contributed by atoms with E-state index in [0.717, 1.165) is 12.8 Å². The number of aliphatic hydroxyl groups is 1. The number of carbonyl (C=O) groups is 1. The summed E-state index contributed by atoms with van der Waals surface area (Å²) in [6.07, 6.45) is 2.36. The highest BCUT2D eigenvalue weighted by Crippen LogP contribution is 2.21. The van der Waals surface area contributed by atoms with Crippen molar-refractivity contribution in [2.24, 2.45) is 0 Å². The van der Waals surface area contributed by atoms with Gasteiger partial charge in [0.05, 0.1) is 12.8 Å². The zero-order valence-electron chi connectivity index (χ0n) is 11.9. The van der Waals surface area contributed by atoms with Crippen LogP contribution in [0.4, 0.5) is 5.82 Å². The third-order valence-corrected chi connectivity index (χ3v) is 3.08. The van der Waals surface area contributed by atoms with E-state index < -0.39 is 5.97 Å². The lowest BCUT2D eigenvalue weighted by atomic mass is 10.1. The third kappa shape index (κ3) is 4.31. The van der Waals surface area contributed by atoms with Crippen LogP contribution >= 0.6 is 11.6 Å². The number of esters is 1. The molecule has 2 N–H and O–H groups in total. The first-order chi connectivity index (χ1) is 9.53. The van der Waals surface area contributed by atoms with Crippen molar-refractivity contribution in [2.45, 2.75) is 39.2 Å². The van der Waals surface area contributed by atoms with Gasteiger partial charge in [-0.05, 0) is 31.4 Å². The fraction of sp³-hybridized carbons (Fsp3) is 0.615. The molecule has 1 rings (SSSR count). The highest BCUT2D eigenvalue weighted by Gasteiger charge is 2.21. The average Bonchev–Trinajstić information content (AvgIpc) is 2.38. The molecule has 1 unspecified atom stereocenters. The van der Waals surface area contributed by atoms with Gasteiger partial charge in [-0.15, -0.1) is 0 Å². The number of aryl methyl sites for hydroxylation is 1. The largest absolute Gasteiger partial charge is 0.465 e. The molecule has 0 bridgehead atoms. The van der Waals surface area contributed by atoms with E-state index >= 15 is 0 Å². The SMILES string of the molecule is CCCC(CCO)Nc1nc(Cl)nc(C)c1C(=O)OC. The standard InChI is InChI=1S/C13H20ClN3O3/c1-4-5-9(6-7-18)16-11-10(12(19)20-3)8(2)15-13(14)17-11/h9,18H,4-7H2,1-3H3,(H,15,16,17). The molecule has 7 heteroatoms. The predicted molar refractivity (Wildman–Crippen MR) is 77.1 cm³/mol. The van der Waals surface area contributed by atoms with Gasteiger partial charge in [-0.25, -0.2) is 9.78 Å². The Labute approximate surface area is 123 Å². The summed E-state index contributed by atoms with van der Waals surface area (Å²) in [6, 6.07) is 0.0128. The number of carbonyl (C=O) groups excluding carboxylic acids is 1. The number of hydrogen-bond donors (Lipinski definition) is 2. The molecule has 0 aliphatic rings. The number of ether oxygens (including phenoxy) is 1. The van der Waals surface area contributed by atoms with Gasteiger partial charge in [-0.2, -0.15) is 4.98 Å². The van der Waals surface area contributed by atoms with Crippen LogP contribution in [0.2, 0.25) is 5.28 Å². The Kier molecular flexibility index (Phi) is 6.67. The number of anilines is 1. The quantitative estimate of drug-likeness (QED) is 0.593. The smallest absolute Gasteiger partial charge is 0.343 e. The van der Waals surface area contributed by atoms with Crippen LogP contribution in [-0.4, -0.2) is 40.8 Å². The maximum atomic E-state index is 11.8. The minimum Gasteiger partial charge on any atom is -0.465 e. The number of hydrogen-bond acceptors (Lipinski definition) is 6. The van der Waals surface area contributed by atoms with Crippen LogP contribution in [0.25, 0.3) is 0 Å². The van der Waals surface area contributed by atoms with Crippen molar-refractivity contribution in [2.75, 3.05) is 19.0 Å². The summed E-state index contributed by atoms with van der Waals surface area (Å²) in [4.78, 5) is 19.9. The van der Waals surface area contributed by atoms with E-state index in [1.807, 2.05) is 6.92 Å². The molecule has 0 aliphatic carbocycles. The van der Waals surface area contributed by atoms with Crippen molar-refractivity contribution < 1.29 is 14.6 Å². The van der Waals surface area contributed by atoms with Crippen LogP contribution < -0.4 is 5.32 Å².